The summed E-state index contributed by atoms with van der Waals surface area (Å²) in [7, 11) is 0. The molecule has 0 aromatic heterocycles. The van der Waals surface area contributed by atoms with Gasteiger partial charge in [0.05, 0.1) is 12.5 Å². The van der Waals surface area contributed by atoms with E-state index in [-0.39, 0.29) is 37.4 Å². The van der Waals surface area contributed by atoms with Gasteiger partial charge in [-0.05, 0) is 31.4 Å². The Hall–Kier alpha value is -3.15. The van der Waals surface area contributed by atoms with E-state index in [1.807, 2.05) is 62.4 Å². The van der Waals surface area contributed by atoms with E-state index in [0.717, 1.165) is 11.1 Å². The van der Waals surface area contributed by atoms with Crippen LogP contribution in [-0.2, 0) is 32.1 Å². The van der Waals surface area contributed by atoms with Gasteiger partial charge in [0, 0.05) is 25.9 Å². The first kappa shape index (κ1) is 22.5. The summed E-state index contributed by atoms with van der Waals surface area (Å²) in [5.41, 5.74) is 4.52. The lowest BCUT2D eigenvalue weighted by Gasteiger charge is -2.16. The molecule has 1 heterocycles. The maximum Gasteiger partial charge on any atom is 0.311 e. The molecule has 31 heavy (non-hydrogen) atoms. The van der Waals surface area contributed by atoms with Gasteiger partial charge in [0.1, 0.15) is 6.61 Å². The van der Waals surface area contributed by atoms with Gasteiger partial charge >= 0.3 is 5.97 Å². The number of likely N-dealkylation sites (tertiary alicyclic amines) is 1. The van der Waals surface area contributed by atoms with Gasteiger partial charge in [0.25, 0.3) is 0 Å². The molecule has 0 saturated carbocycles. The molecule has 2 aromatic rings. The Balaban J connectivity index is 1.33. The van der Waals surface area contributed by atoms with Crippen molar-refractivity contribution in [1.82, 2.24) is 10.2 Å². The zero-order valence-electron chi connectivity index (χ0n) is 18.2. The van der Waals surface area contributed by atoms with E-state index in [1.165, 1.54) is 11.1 Å². The van der Waals surface area contributed by atoms with Crippen LogP contribution in [-0.4, -0.2) is 42.4 Å². The number of carbonyl (C=O) groups excluding carboxylic acids is 3. The van der Waals surface area contributed by atoms with Crippen LogP contribution in [0.4, 0.5) is 0 Å². The summed E-state index contributed by atoms with van der Waals surface area (Å²) in [6, 6.07) is 16.1. The second-order valence-electron chi connectivity index (χ2n) is 8.16. The Kier molecular flexibility index (Phi) is 7.82. The molecule has 0 spiro atoms. The van der Waals surface area contributed by atoms with E-state index in [2.05, 4.69) is 5.32 Å². The van der Waals surface area contributed by atoms with Crippen molar-refractivity contribution in [2.24, 2.45) is 5.92 Å². The van der Waals surface area contributed by atoms with E-state index < -0.39 is 5.92 Å². The fraction of sp³-hybridized carbons (Fsp3) is 0.400. The van der Waals surface area contributed by atoms with Crippen molar-refractivity contribution in [1.29, 1.82) is 0 Å². The van der Waals surface area contributed by atoms with Gasteiger partial charge in [-0.15, -0.1) is 0 Å². The highest BCUT2D eigenvalue weighted by Crippen LogP contribution is 2.21. The molecular formula is C25H30N2O4. The van der Waals surface area contributed by atoms with Gasteiger partial charge in [0.15, 0.2) is 0 Å². The number of nitrogens with zero attached hydrogens (tertiary/aromatic N) is 1. The first-order valence-corrected chi connectivity index (χ1v) is 10.7. The molecule has 6 nitrogen and oxygen atoms in total. The minimum atomic E-state index is -0.449. The van der Waals surface area contributed by atoms with Gasteiger partial charge in [-0.25, -0.2) is 0 Å². The van der Waals surface area contributed by atoms with E-state index in [9.17, 15) is 14.4 Å². The highest BCUT2D eigenvalue weighted by Gasteiger charge is 2.35. The second-order valence-corrected chi connectivity index (χ2v) is 8.16. The monoisotopic (exact) mass is 422 g/mol. The zero-order valence-corrected chi connectivity index (χ0v) is 18.2. The number of nitrogens with one attached hydrogen (secondary N) is 1. The van der Waals surface area contributed by atoms with Crippen LogP contribution in [0, 0.1) is 19.8 Å². The number of rotatable bonds is 9. The molecule has 1 fully saturated rings. The van der Waals surface area contributed by atoms with Crippen molar-refractivity contribution in [2.45, 2.75) is 39.7 Å². The van der Waals surface area contributed by atoms with Crippen LogP contribution in [0.2, 0.25) is 0 Å². The van der Waals surface area contributed by atoms with Crippen LogP contribution in [0.5, 0.6) is 0 Å². The summed E-state index contributed by atoms with van der Waals surface area (Å²) in [5.74, 6) is -0.937. The van der Waals surface area contributed by atoms with Gasteiger partial charge in [0.2, 0.25) is 11.8 Å². The number of amides is 2. The maximum absolute atomic E-state index is 12.3. The maximum atomic E-state index is 12.3. The van der Waals surface area contributed by atoms with Gasteiger partial charge in [-0.2, -0.15) is 0 Å². The van der Waals surface area contributed by atoms with E-state index in [1.54, 1.807) is 4.90 Å². The molecule has 2 aromatic carbocycles. The fourth-order valence-electron chi connectivity index (χ4n) is 3.56. The van der Waals surface area contributed by atoms with Gasteiger partial charge in [-0.3, -0.25) is 14.4 Å². The lowest BCUT2D eigenvalue weighted by molar-refractivity contribution is -0.148. The van der Waals surface area contributed by atoms with Crippen molar-refractivity contribution >= 4 is 17.8 Å². The minimum absolute atomic E-state index is 0.0352. The van der Waals surface area contributed by atoms with Crippen molar-refractivity contribution in [3.05, 3.63) is 70.8 Å². The van der Waals surface area contributed by atoms with E-state index in [0.29, 0.717) is 25.9 Å². The number of benzene rings is 2. The minimum Gasteiger partial charge on any atom is -0.464 e. The number of hydrogen-bond acceptors (Lipinski definition) is 4. The summed E-state index contributed by atoms with van der Waals surface area (Å²) in [5, 5.41) is 2.77. The Bertz CT molecular complexity index is 906. The molecule has 2 amide bonds. The average Bonchev–Trinajstić information content (AvgIpc) is 3.12. The number of aryl methyl sites for hydroxylation is 3. The molecule has 0 radical (unpaired) electrons. The molecule has 0 aliphatic carbocycles. The lowest BCUT2D eigenvalue weighted by atomic mass is 10.1. The first-order valence-electron chi connectivity index (χ1n) is 10.7. The predicted molar refractivity (Wildman–Crippen MR) is 118 cm³/mol. The van der Waals surface area contributed by atoms with Crippen LogP contribution >= 0.6 is 0 Å². The summed E-state index contributed by atoms with van der Waals surface area (Å²) in [4.78, 5) is 38.2. The van der Waals surface area contributed by atoms with Gasteiger partial charge < -0.3 is 15.0 Å². The highest BCUT2D eigenvalue weighted by atomic mass is 16.5. The number of esters is 1. The van der Waals surface area contributed by atoms with Crippen molar-refractivity contribution in [2.75, 3.05) is 19.7 Å². The Morgan fingerprint density at radius 3 is 2.26 bits per heavy atom. The molecule has 1 N–H and O–H groups in total. The smallest absolute Gasteiger partial charge is 0.311 e. The van der Waals surface area contributed by atoms with Crippen molar-refractivity contribution < 1.29 is 19.1 Å². The van der Waals surface area contributed by atoms with Crippen LogP contribution < -0.4 is 5.32 Å². The Morgan fingerprint density at radius 2 is 1.61 bits per heavy atom. The average molecular weight is 423 g/mol. The molecule has 1 aliphatic heterocycles. The second kappa shape index (κ2) is 10.8. The van der Waals surface area contributed by atoms with Crippen LogP contribution in [0.15, 0.2) is 48.5 Å². The Labute approximate surface area is 183 Å². The Morgan fingerprint density at radius 1 is 1.00 bits per heavy atom. The summed E-state index contributed by atoms with van der Waals surface area (Å²) >= 11 is 0. The molecular weight excluding hydrogens is 392 g/mol. The third kappa shape index (κ3) is 6.95. The van der Waals surface area contributed by atoms with Crippen molar-refractivity contribution in [3.63, 3.8) is 0 Å². The standard InChI is InChI=1S/C25H30N2O4/c1-18-3-7-20(8-4-18)11-12-23(28)26-13-14-31-25(30)22-15-24(29)27(17-22)16-21-9-5-19(2)6-10-21/h3-10,22H,11-17H2,1-2H3,(H,26,28). The molecule has 3 rings (SSSR count). The number of hydrogen-bond donors (Lipinski definition) is 1. The quantitative estimate of drug-likeness (QED) is 0.498. The number of ether oxygens (including phenoxy) is 1. The molecule has 1 atom stereocenters. The number of carbonyl (C=O) groups is 3. The third-order valence-corrected chi connectivity index (χ3v) is 5.47. The molecule has 164 valence electrons. The topological polar surface area (TPSA) is 75.7 Å². The lowest BCUT2D eigenvalue weighted by Crippen LogP contribution is -2.30. The molecule has 1 aliphatic rings. The normalized spacial score (nSPS) is 15.7. The van der Waals surface area contributed by atoms with E-state index in [4.69, 9.17) is 4.74 Å². The summed E-state index contributed by atoms with van der Waals surface area (Å²) in [6.45, 7) is 5.29. The highest BCUT2D eigenvalue weighted by molar-refractivity contribution is 5.86. The van der Waals surface area contributed by atoms with E-state index >= 15 is 0 Å². The SMILES string of the molecule is Cc1ccc(CCC(=O)NCCOC(=O)C2CC(=O)N(Cc3ccc(C)cc3)C2)cc1. The molecule has 1 unspecified atom stereocenters. The summed E-state index contributed by atoms with van der Waals surface area (Å²) < 4.78 is 5.28. The molecule has 0 bridgehead atoms. The predicted octanol–water partition coefficient (Wildman–Crippen LogP) is 2.94. The van der Waals surface area contributed by atoms with Crippen LogP contribution in [0.3, 0.4) is 0 Å². The first-order chi connectivity index (χ1) is 14.9. The van der Waals surface area contributed by atoms with Crippen molar-refractivity contribution in [3.8, 4) is 0 Å². The zero-order chi connectivity index (χ0) is 22.2. The van der Waals surface area contributed by atoms with Gasteiger partial charge in [-0.1, -0.05) is 59.7 Å². The summed E-state index contributed by atoms with van der Waals surface area (Å²) in [6.07, 6.45) is 1.24. The largest absolute Gasteiger partial charge is 0.464 e. The fourth-order valence-corrected chi connectivity index (χ4v) is 3.56. The third-order valence-electron chi connectivity index (χ3n) is 5.47. The molecule has 6 heteroatoms. The molecule has 1 saturated heterocycles. The van der Waals surface area contributed by atoms with Crippen LogP contribution in [0.1, 0.15) is 35.1 Å². The van der Waals surface area contributed by atoms with Crippen LogP contribution in [0.25, 0.3) is 0 Å².